The monoisotopic (exact) mass is 390 g/mol. The van der Waals surface area contributed by atoms with Crippen LogP contribution in [-0.4, -0.2) is 24.4 Å². The van der Waals surface area contributed by atoms with Crippen LogP contribution in [0.2, 0.25) is 0 Å². The summed E-state index contributed by atoms with van der Waals surface area (Å²) in [4.78, 5) is 0. The van der Waals surface area contributed by atoms with Crippen molar-refractivity contribution in [2.24, 2.45) is 0 Å². The molecule has 0 saturated heterocycles. The van der Waals surface area contributed by atoms with Crippen LogP contribution < -0.4 is 0 Å². The first-order chi connectivity index (χ1) is 11.5. The minimum Gasteiger partial charge on any atom is -0.268 e. The van der Waals surface area contributed by atoms with Gasteiger partial charge < -0.3 is 0 Å². The third-order valence-corrected chi connectivity index (χ3v) is 5.97. The van der Waals surface area contributed by atoms with E-state index in [4.69, 9.17) is 43.5 Å². The fraction of sp³-hybridized carbons (Fsp3) is 0.667. The van der Waals surface area contributed by atoms with Crippen LogP contribution in [-0.2, 0) is 31.5 Å². The van der Waals surface area contributed by atoms with Gasteiger partial charge in [0.15, 0.2) is 24.4 Å². The fourth-order valence-corrected chi connectivity index (χ4v) is 4.55. The molecule has 136 valence electrons. The van der Waals surface area contributed by atoms with Gasteiger partial charge in [-0.15, -0.1) is 0 Å². The number of hydrogen-bond acceptors (Lipinski definition) is 11. The molecule has 4 unspecified atom stereocenters. The topological polar surface area (TPSA) is 175 Å². The molecule has 0 fully saturated rings. The van der Waals surface area contributed by atoms with Gasteiger partial charge in [-0.1, -0.05) is 0 Å². The molecule has 25 heavy (non-hydrogen) atoms. The second kappa shape index (κ2) is 10.3. The molecule has 0 aromatic heterocycles. The van der Waals surface area contributed by atoms with Crippen molar-refractivity contribution in [3.8, 4) is 24.3 Å². The quantitative estimate of drug-likeness (QED) is 0.501. The van der Waals surface area contributed by atoms with Crippen molar-refractivity contribution >= 4 is 15.6 Å². The predicted octanol–water partition coefficient (Wildman–Crippen LogP) is 2.93. The minimum atomic E-state index is -4.80. The van der Waals surface area contributed by atoms with Gasteiger partial charge in [-0.25, -0.2) is 9.13 Å². The Morgan fingerprint density at radius 3 is 0.960 bits per heavy atom. The molecule has 0 aromatic rings. The Hall–Kier alpha value is -1.78. The van der Waals surface area contributed by atoms with Crippen molar-refractivity contribution in [2.75, 3.05) is 0 Å². The van der Waals surface area contributed by atoms with Crippen LogP contribution in [0.5, 0.6) is 0 Å². The summed E-state index contributed by atoms with van der Waals surface area (Å²) >= 11 is 0. The molecule has 0 aliphatic heterocycles. The fourth-order valence-electron chi connectivity index (χ4n) is 1.12. The normalized spacial score (nSPS) is 20.2. The summed E-state index contributed by atoms with van der Waals surface area (Å²) < 4.78 is 49.2. The van der Waals surface area contributed by atoms with Crippen molar-refractivity contribution < 1.29 is 31.5 Å². The first kappa shape index (κ1) is 23.2. The lowest BCUT2D eigenvalue weighted by molar-refractivity contribution is 0.0822. The van der Waals surface area contributed by atoms with Gasteiger partial charge in [-0.3, -0.25) is 18.1 Å². The summed E-state index contributed by atoms with van der Waals surface area (Å²) in [5, 5.41) is 35.1. The Labute approximate surface area is 145 Å². The van der Waals surface area contributed by atoms with E-state index in [1.807, 2.05) is 0 Å². The number of phosphoric acid groups is 2. The van der Waals surface area contributed by atoms with E-state index in [9.17, 15) is 9.13 Å². The molecule has 11 nitrogen and oxygen atoms in total. The number of rotatable bonds is 10. The smallest absolute Gasteiger partial charge is 0.268 e. The highest BCUT2D eigenvalue weighted by Gasteiger charge is 2.45. The van der Waals surface area contributed by atoms with E-state index in [2.05, 4.69) is 0 Å². The summed E-state index contributed by atoms with van der Waals surface area (Å²) in [6.45, 7) is 4.77. The highest BCUT2D eigenvalue weighted by molar-refractivity contribution is 7.62. The van der Waals surface area contributed by atoms with E-state index in [0.717, 1.165) is 0 Å². The van der Waals surface area contributed by atoms with Crippen LogP contribution in [0.1, 0.15) is 27.7 Å². The first-order valence-electron chi connectivity index (χ1n) is 6.76. The Bertz CT molecular complexity index is 605. The molecular formula is C12H16N4O7P2. The standard InChI is InChI=1S/C12H16N4O7P2/c1-9(5-13)19-24(17,20-10(2)6-14)23-25(18,21-11(3)7-15)22-12(4)8-16/h9-12H,1-4H3. The highest BCUT2D eigenvalue weighted by atomic mass is 31.3. The molecule has 0 rings (SSSR count). The van der Waals surface area contributed by atoms with E-state index in [0.29, 0.717) is 0 Å². The lowest BCUT2D eigenvalue weighted by Gasteiger charge is -2.25. The Morgan fingerprint density at radius 2 is 0.800 bits per heavy atom. The van der Waals surface area contributed by atoms with E-state index < -0.39 is 40.1 Å². The molecule has 0 spiro atoms. The largest absolute Gasteiger partial charge is 0.486 e. The molecule has 0 aromatic carbocycles. The van der Waals surface area contributed by atoms with Crippen LogP contribution in [0.4, 0.5) is 0 Å². The van der Waals surface area contributed by atoms with Crippen molar-refractivity contribution in [3.63, 3.8) is 0 Å². The summed E-state index contributed by atoms with van der Waals surface area (Å²) in [5.41, 5.74) is 0. The van der Waals surface area contributed by atoms with Gasteiger partial charge in [-0.05, 0) is 27.7 Å². The van der Waals surface area contributed by atoms with Crippen LogP contribution in [0.25, 0.3) is 0 Å². The summed E-state index contributed by atoms with van der Waals surface area (Å²) in [6, 6.07) is 6.35. The molecule has 0 bridgehead atoms. The SMILES string of the molecule is CC(C#N)OP(=O)(OC(C)C#N)OP(=O)(OC(C)C#N)OC(C)C#N. The van der Waals surface area contributed by atoms with E-state index in [1.165, 1.54) is 27.7 Å². The lowest BCUT2D eigenvalue weighted by atomic mass is 10.5. The predicted molar refractivity (Wildman–Crippen MR) is 80.9 cm³/mol. The average molecular weight is 390 g/mol. The zero-order valence-electron chi connectivity index (χ0n) is 13.9. The molecule has 13 heteroatoms. The Morgan fingerprint density at radius 1 is 0.600 bits per heavy atom. The average Bonchev–Trinajstić information content (AvgIpc) is 2.52. The molecule has 0 N–H and O–H groups in total. The molecule has 0 heterocycles. The molecule has 0 saturated carbocycles. The van der Waals surface area contributed by atoms with Crippen molar-refractivity contribution in [1.82, 2.24) is 0 Å². The maximum atomic E-state index is 12.6. The van der Waals surface area contributed by atoms with E-state index in [1.54, 1.807) is 24.3 Å². The van der Waals surface area contributed by atoms with Crippen molar-refractivity contribution in [3.05, 3.63) is 0 Å². The molecular weight excluding hydrogens is 374 g/mol. The van der Waals surface area contributed by atoms with Gasteiger partial charge in [0.05, 0.1) is 24.3 Å². The summed E-state index contributed by atoms with van der Waals surface area (Å²) in [7, 11) is -9.59. The molecule has 0 aliphatic rings. The highest BCUT2D eigenvalue weighted by Crippen LogP contribution is 2.67. The van der Waals surface area contributed by atoms with E-state index >= 15 is 0 Å². The van der Waals surface area contributed by atoms with E-state index in [-0.39, 0.29) is 0 Å². The van der Waals surface area contributed by atoms with Crippen molar-refractivity contribution in [1.29, 1.82) is 21.0 Å². The maximum absolute atomic E-state index is 12.6. The second-order valence-electron chi connectivity index (χ2n) is 4.48. The minimum absolute atomic E-state index is 1.19. The number of nitrogens with zero attached hydrogens (tertiary/aromatic N) is 4. The van der Waals surface area contributed by atoms with Crippen LogP contribution in [0.15, 0.2) is 0 Å². The third kappa shape index (κ3) is 8.75. The van der Waals surface area contributed by atoms with Gasteiger partial charge in [-0.2, -0.15) is 25.4 Å². The molecule has 0 aliphatic carbocycles. The van der Waals surface area contributed by atoms with Gasteiger partial charge in [0.2, 0.25) is 0 Å². The number of hydrogen-bond donors (Lipinski definition) is 0. The maximum Gasteiger partial charge on any atom is 0.486 e. The van der Waals surface area contributed by atoms with Gasteiger partial charge in [0, 0.05) is 0 Å². The molecule has 4 atom stereocenters. The second-order valence-corrected chi connectivity index (χ2v) is 7.77. The molecule has 0 amide bonds. The summed E-state index contributed by atoms with van der Waals surface area (Å²) in [6.07, 6.45) is -5.31. The van der Waals surface area contributed by atoms with Gasteiger partial charge in [0.1, 0.15) is 0 Å². The van der Waals surface area contributed by atoms with Crippen LogP contribution in [0.3, 0.4) is 0 Å². The molecule has 0 radical (unpaired) electrons. The zero-order valence-corrected chi connectivity index (χ0v) is 15.6. The lowest BCUT2D eigenvalue weighted by Crippen LogP contribution is -2.15. The third-order valence-electron chi connectivity index (χ3n) is 2.08. The number of phosphoric ester groups is 2. The van der Waals surface area contributed by atoms with Gasteiger partial charge in [0.25, 0.3) is 0 Å². The summed E-state index contributed by atoms with van der Waals surface area (Å²) in [5.74, 6) is 0. The van der Waals surface area contributed by atoms with Crippen molar-refractivity contribution in [2.45, 2.75) is 52.1 Å². The van der Waals surface area contributed by atoms with Gasteiger partial charge >= 0.3 is 15.6 Å². The first-order valence-corrected chi connectivity index (χ1v) is 9.68. The zero-order chi connectivity index (χ0) is 19.7. The Kier molecular flexibility index (Phi) is 9.53. The Balaban J connectivity index is 5.73. The van der Waals surface area contributed by atoms with Crippen LogP contribution >= 0.6 is 15.6 Å². The van der Waals surface area contributed by atoms with Crippen LogP contribution in [0, 0.1) is 45.3 Å². The number of nitriles is 4.